The predicted octanol–water partition coefficient (Wildman–Crippen LogP) is 4.30. The molecule has 148 valence electrons. The molecule has 7 heteroatoms. The molecule has 2 amide bonds. The first-order chi connectivity index (χ1) is 13.9. The summed E-state index contributed by atoms with van der Waals surface area (Å²) >= 11 is 0. The predicted molar refractivity (Wildman–Crippen MR) is 115 cm³/mol. The number of rotatable bonds is 6. The smallest absolute Gasteiger partial charge is 0.274 e. The first-order valence-electron chi connectivity index (χ1n) is 9.33. The topological polar surface area (TPSA) is 96.0 Å². The van der Waals surface area contributed by atoms with Gasteiger partial charge in [-0.05, 0) is 55.3 Å². The molecule has 0 spiro atoms. The maximum atomic E-state index is 12.6. The van der Waals surface area contributed by atoms with E-state index in [9.17, 15) is 9.59 Å². The van der Waals surface area contributed by atoms with Gasteiger partial charge < -0.3 is 16.0 Å². The lowest BCUT2D eigenvalue weighted by atomic mass is 10.1. The zero-order valence-corrected chi connectivity index (χ0v) is 16.6. The number of hydrogen-bond acceptors (Lipinski definition) is 5. The van der Waals surface area contributed by atoms with Crippen LogP contribution in [0, 0.1) is 6.92 Å². The Kier molecular flexibility index (Phi) is 6.19. The third-order valence-corrected chi connectivity index (χ3v) is 4.15. The van der Waals surface area contributed by atoms with Gasteiger partial charge in [-0.3, -0.25) is 9.59 Å². The molecular weight excluding hydrogens is 366 g/mol. The van der Waals surface area contributed by atoms with E-state index in [0.717, 1.165) is 6.42 Å². The summed E-state index contributed by atoms with van der Waals surface area (Å²) in [5, 5.41) is 8.66. The van der Waals surface area contributed by atoms with Gasteiger partial charge in [0.25, 0.3) is 5.91 Å². The number of nitrogens with zero attached hydrogens (tertiary/aromatic N) is 2. The van der Waals surface area contributed by atoms with Crippen molar-refractivity contribution in [3.63, 3.8) is 0 Å². The van der Waals surface area contributed by atoms with Crippen LogP contribution in [0.4, 0.5) is 23.0 Å². The summed E-state index contributed by atoms with van der Waals surface area (Å²) in [4.78, 5) is 32.5. The second-order valence-corrected chi connectivity index (χ2v) is 6.61. The first kappa shape index (κ1) is 20.0. The van der Waals surface area contributed by atoms with Gasteiger partial charge in [-0.25, -0.2) is 9.97 Å². The van der Waals surface area contributed by atoms with E-state index in [1.807, 2.05) is 30.3 Å². The number of aryl methyl sites for hydroxylation is 2. The molecule has 1 heterocycles. The largest absolute Gasteiger partial charge is 0.326 e. The van der Waals surface area contributed by atoms with Crippen LogP contribution in [0.2, 0.25) is 0 Å². The van der Waals surface area contributed by atoms with Crippen molar-refractivity contribution in [2.24, 2.45) is 0 Å². The molecule has 0 unspecified atom stereocenters. The summed E-state index contributed by atoms with van der Waals surface area (Å²) in [6, 6.07) is 16.5. The minimum Gasteiger partial charge on any atom is -0.326 e. The Labute approximate surface area is 169 Å². The molecule has 3 N–H and O–H groups in total. The van der Waals surface area contributed by atoms with Gasteiger partial charge in [0.05, 0.1) is 0 Å². The van der Waals surface area contributed by atoms with Crippen molar-refractivity contribution in [3.05, 3.63) is 71.5 Å². The summed E-state index contributed by atoms with van der Waals surface area (Å²) in [5.74, 6) is -0.161. The van der Waals surface area contributed by atoms with Crippen molar-refractivity contribution >= 4 is 34.8 Å². The minimum absolute atomic E-state index is 0.153. The third kappa shape index (κ3) is 5.62. The van der Waals surface area contributed by atoms with Crippen molar-refractivity contribution in [3.8, 4) is 0 Å². The van der Waals surface area contributed by atoms with Crippen LogP contribution in [0.15, 0.2) is 54.6 Å². The van der Waals surface area contributed by atoms with E-state index in [0.29, 0.717) is 28.7 Å². The number of nitrogens with one attached hydrogen (secondary N) is 3. The third-order valence-electron chi connectivity index (χ3n) is 4.15. The average molecular weight is 389 g/mol. The highest BCUT2D eigenvalue weighted by molar-refractivity contribution is 6.03. The van der Waals surface area contributed by atoms with Crippen LogP contribution < -0.4 is 16.0 Å². The highest BCUT2D eigenvalue weighted by Gasteiger charge is 2.11. The van der Waals surface area contributed by atoms with Crippen molar-refractivity contribution < 1.29 is 9.59 Å². The highest BCUT2D eigenvalue weighted by atomic mass is 16.2. The maximum Gasteiger partial charge on any atom is 0.274 e. The Bertz CT molecular complexity index is 1030. The van der Waals surface area contributed by atoms with Gasteiger partial charge in [0, 0.05) is 29.7 Å². The van der Waals surface area contributed by atoms with Crippen molar-refractivity contribution in [1.29, 1.82) is 0 Å². The molecule has 0 aliphatic carbocycles. The van der Waals surface area contributed by atoms with Crippen molar-refractivity contribution in [2.75, 3.05) is 16.0 Å². The standard InChI is InChI=1S/C22H23N5O2/c1-4-16-8-10-17(11-9-16)25-21(29)20-12-14(2)23-22(27-20)26-19-7-5-6-18(13-19)24-15(3)28/h5-13H,4H2,1-3H3,(H,24,28)(H,25,29)(H,23,26,27). The summed E-state index contributed by atoms with van der Waals surface area (Å²) in [7, 11) is 0. The number of hydrogen-bond donors (Lipinski definition) is 3. The van der Waals surface area contributed by atoms with Crippen LogP contribution in [0.25, 0.3) is 0 Å². The summed E-state index contributed by atoms with van der Waals surface area (Å²) in [5.41, 5.74) is 4.19. The van der Waals surface area contributed by atoms with E-state index in [1.165, 1.54) is 12.5 Å². The fraction of sp³-hybridized carbons (Fsp3) is 0.182. The number of carbonyl (C=O) groups is 2. The number of amides is 2. The van der Waals surface area contributed by atoms with E-state index in [2.05, 4.69) is 32.8 Å². The molecule has 0 bridgehead atoms. The second-order valence-electron chi connectivity index (χ2n) is 6.61. The molecule has 0 saturated carbocycles. The van der Waals surface area contributed by atoms with Gasteiger partial charge in [0.15, 0.2) is 0 Å². The van der Waals surface area contributed by atoms with Crippen LogP contribution in [-0.4, -0.2) is 21.8 Å². The number of anilines is 4. The van der Waals surface area contributed by atoms with Crippen molar-refractivity contribution in [1.82, 2.24) is 9.97 Å². The molecule has 3 rings (SSSR count). The van der Waals surface area contributed by atoms with Crippen LogP contribution in [0.1, 0.15) is 35.6 Å². The highest BCUT2D eigenvalue weighted by Crippen LogP contribution is 2.19. The monoisotopic (exact) mass is 389 g/mol. The van der Waals surface area contributed by atoms with Crippen LogP contribution in [-0.2, 0) is 11.2 Å². The van der Waals surface area contributed by atoms with Crippen LogP contribution >= 0.6 is 0 Å². The lowest BCUT2D eigenvalue weighted by molar-refractivity contribution is -0.114. The van der Waals surface area contributed by atoms with Crippen LogP contribution in [0.3, 0.4) is 0 Å². The van der Waals surface area contributed by atoms with Gasteiger partial charge in [0.2, 0.25) is 11.9 Å². The lowest BCUT2D eigenvalue weighted by Crippen LogP contribution is -2.15. The number of benzene rings is 2. The normalized spacial score (nSPS) is 10.3. The molecule has 0 fully saturated rings. The fourth-order valence-electron chi connectivity index (χ4n) is 2.77. The summed E-state index contributed by atoms with van der Waals surface area (Å²) < 4.78 is 0. The lowest BCUT2D eigenvalue weighted by Gasteiger charge is -2.10. The Morgan fingerprint density at radius 3 is 2.31 bits per heavy atom. The molecule has 0 aliphatic rings. The van der Waals surface area contributed by atoms with E-state index < -0.39 is 0 Å². The van der Waals surface area contributed by atoms with E-state index in [4.69, 9.17) is 0 Å². The molecule has 0 saturated heterocycles. The van der Waals surface area contributed by atoms with Gasteiger partial charge in [0.1, 0.15) is 5.69 Å². The molecule has 7 nitrogen and oxygen atoms in total. The molecule has 2 aromatic carbocycles. The number of carbonyl (C=O) groups excluding carboxylic acids is 2. The maximum absolute atomic E-state index is 12.6. The summed E-state index contributed by atoms with van der Waals surface area (Å²) in [6.45, 7) is 5.33. The van der Waals surface area contributed by atoms with Gasteiger partial charge >= 0.3 is 0 Å². The molecule has 3 aromatic rings. The van der Waals surface area contributed by atoms with E-state index in [1.54, 1.807) is 31.2 Å². The van der Waals surface area contributed by atoms with E-state index >= 15 is 0 Å². The Morgan fingerprint density at radius 2 is 1.62 bits per heavy atom. The molecule has 1 aromatic heterocycles. The minimum atomic E-state index is -0.310. The Balaban J connectivity index is 1.76. The molecule has 0 radical (unpaired) electrons. The summed E-state index contributed by atoms with van der Waals surface area (Å²) in [6.07, 6.45) is 0.942. The van der Waals surface area contributed by atoms with Crippen molar-refractivity contribution in [2.45, 2.75) is 27.2 Å². The van der Waals surface area contributed by atoms with Gasteiger partial charge in [-0.1, -0.05) is 25.1 Å². The Hall–Kier alpha value is -3.74. The molecule has 29 heavy (non-hydrogen) atoms. The van der Waals surface area contributed by atoms with E-state index in [-0.39, 0.29) is 17.5 Å². The SMILES string of the molecule is CCc1ccc(NC(=O)c2cc(C)nc(Nc3cccc(NC(C)=O)c3)n2)cc1. The second kappa shape index (κ2) is 8.97. The zero-order chi connectivity index (χ0) is 20.8. The average Bonchev–Trinajstić information content (AvgIpc) is 2.68. The Morgan fingerprint density at radius 1 is 0.897 bits per heavy atom. The zero-order valence-electron chi connectivity index (χ0n) is 16.6. The molecule has 0 aliphatic heterocycles. The van der Waals surface area contributed by atoms with Gasteiger partial charge in [-0.2, -0.15) is 0 Å². The molecule has 0 atom stereocenters. The fourth-order valence-corrected chi connectivity index (χ4v) is 2.77. The molecular formula is C22H23N5O2. The quantitative estimate of drug-likeness (QED) is 0.584. The van der Waals surface area contributed by atoms with Gasteiger partial charge in [-0.15, -0.1) is 0 Å². The number of aromatic nitrogens is 2. The van der Waals surface area contributed by atoms with Crippen LogP contribution in [0.5, 0.6) is 0 Å². The first-order valence-corrected chi connectivity index (χ1v) is 9.33.